The summed E-state index contributed by atoms with van der Waals surface area (Å²) in [5.74, 6) is -1.06. The van der Waals surface area contributed by atoms with Crippen molar-refractivity contribution in [3.63, 3.8) is 0 Å². The summed E-state index contributed by atoms with van der Waals surface area (Å²) < 4.78 is 6.22. The van der Waals surface area contributed by atoms with Crippen molar-refractivity contribution in [2.45, 2.75) is 13.8 Å². The Morgan fingerprint density at radius 1 is 1.40 bits per heavy atom. The lowest BCUT2D eigenvalue weighted by Gasteiger charge is -2.01. The second-order valence-electron chi connectivity index (χ2n) is 3.46. The molecule has 78 valence electrons. The number of rotatable bonds is 1. The molecule has 15 heavy (non-hydrogen) atoms. The average molecular weight is 269 g/mol. The van der Waals surface area contributed by atoms with Crippen molar-refractivity contribution in [1.82, 2.24) is 0 Å². The van der Waals surface area contributed by atoms with Crippen LogP contribution in [0.25, 0.3) is 11.0 Å². The molecule has 0 radical (unpaired) electrons. The number of carbonyl (C=O) groups is 1. The van der Waals surface area contributed by atoms with Crippen LogP contribution in [0.15, 0.2) is 21.0 Å². The fourth-order valence-electron chi connectivity index (χ4n) is 1.55. The van der Waals surface area contributed by atoms with Crippen LogP contribution in [-0.4, -0.2) is 11.1 Å². The lowest BCUT2D eigenvalue weighted by Crippen LogP contribution is -1.91. The van der Waals surface area contributed by atoms with Gasteiger partial charge in [-0.2, -0.15) is 0 Å². The molecule has 0 saturated heterocycles. The van der Waals surface area contributed by atoms with Gasteiger partial charge in [0.05, 0.1) is 0 Å². The molecule has 4 heteroatoms. The van der Waals surface area contributed by atoms with E-state index in [0.717, 1.165) is 21.0 Å². The number of aromatic carboxylic acids is 1. The summed E-state index contributed by atoms with van der Waals surface area (Å²) in [6.07, 6.45) is 0. The molecular weight excluding hydrogens is 260 g/mol. The predicted octanol–water partition coefficient (Wildman–Crippen LogP) is 3.51. The van der Waals surface area contributed by atoms with E-state index in [2.05, 4.69) is 15.9 Å². The zero-order valence-electron chi connectivity index (χ0n) is 8.30. The van der Waals surface area contributed by atoms with Crippen molar-refractivity contribution >= 4 is 32.9 Å². The van der Waals surface area contributed by atoms with Gasteiger partial charge in [0.15, 0.2) is 0 Å². The first kappa shape index (κ1) is 10.2. The van der Waals surface area contributed by atoms with Gasteiger partial charge in [-0.05, 0) is 31.5 Å². The van der Waals surface area contributed by atoms with Crippen molar-refractivity contribution in [2.24, 2.45) is 0 Å². The molecule has 2 aromatic rings. The van der Waals surface area contributed by atoms with Crippen LogP contribution in [0.3, 0.4) is 0 Å². The van der Waals surface area contributed by atoms with Crippen molar-refractivity contribution in [1.29, 1.82) is 0 Å². The van der Waals surface area contributed by atoms with Crippen LogP contribution in [0.2, 0.25) is 0 Å². The quantitative estimate of drug-likeness (QED) is 0.861. The van der Waals surface area contributed by atoms with Crippen LogP contribution in [0.5, 0.6) is 0 Å². The number of aryl methyl sites for hydroxylation is 2. The highest BCUT2D eigenvalue weighted by Crippen LogP contribution is 2.31. The molecule has 0 saturated carbocycles. The maximum atomic E-state index is 10.8. The van der Waals surface area contributed by atoms with E-state index in [1.165, 1.54) is 0 Å². The molecule has 0 aliphatic rings. The third-order valence-corrected chi connectivity index (χ3v) is 3.23. The highest BCUT2D eigenvalue weighted by atomic mass is 79.9. The fourth-order valence-corrected chi connectivity index (χ4v) is 2.08. The van der Waals surface area contributed by atoms with Gasteiger partial charge in [0.25, 0.3) is 0 Å². The minimum absolute atomic E-state index is 0.0192. The van der Waals surface area contributed by atoms with Gasteiger partial charge in [-0.1, -0.05) is 15.9 Å². The number of hydrogen-bond donors (Lipinski definition) is 1. The number of fused-ring (bicyclic) bond motifs is 1. The summed E-state index contributed by atoms with van der Waals surface area (Å²) in [5.41, 5.74) is 2.56. The lowest BCUT2D eigenvalue weighted by atomic mass is 10.1. The maximum absolute atomic E-state index is 10.8. The third kappa shape index (κ3) is 1.55. The van der Waals surface area contributed by atoms with Gasteiger partial charge < -0.3 is 9.52 Å². The lowest BCUT2D eigenvalue weighted by molar-refractivity contribution is 0.0665. The summed E-state index contributed by atoms with van der Waals surface area (Å²) in [6.45, 7) is 3.81. The minimum Gasteiger partial charge on any atom is -0.475 e. The Morgan fingerprint density at radius 2 is 2.07 bits per heavy atom. The number of hydrogen-bond acceptors (Lipinski definition) is 2. The molecule has 0 aliphatic carbocycles. The molecule has 1 N–H and O–H groups in total. The second-order valence-corrected chi connectivity index (χ2v) is 4.31. The molecule has 1 aromatic carbocycles. The molecule has 0 amide bonds. The Hall–Kier alpha value is -1.29. The van der Waals surface area contributed by atoms with Crippen molar-refractivity contribution < 1.29 is 14.3 Å². The molecule has 0 bridgehead atoms. The number of carboxylic acids is 1. The third-order valence-electron chi connectivity index (χ3n) is 2.41. The van der Waals surface area contributed by atoms with Crippen LogP contribution < -0.4 is 0 Å². The molecule has 1 aromatic heterocycles. The normalized spacial score (nSPS) is 10.9. The van der Waals surface area contributed by atoms with E-state index in [9.17, 15) is 4.79 Å². The van der Waals surface area contributed by atoms with Crippen LogP contribution in [-0.2, 0) is 0 Å². The fraction of sp³-hybridized carbons (Fsp3) is 0.182. The molecule has 1 heterocycles. The average Bonchev–Trinajstić information content (AvgIpc) is 2.59. The first-order valence-electron chi connectivity index (χ1n) is 4.43. The highest BCUT2D eigenvalue weighted by molar-refractivity contribution is 9.10. The maximum Gasteiger partial charge on any atom is 0.371 e. The summed E-state index contributed by atoms with van der Waals surface area (Å²) in [4.78, 5) is 10.8. The Bertz CT molecular complexity index is 554. The smallest absolute Gasteiger partial charge is 0.371 e. The first-order valence-corrected chi connectivity index (χ1v) is 5.22. The number of benzene rings is 1. The van der Waals surface area contributed by atoms with E-state index in [1.54, 1.807) is 6.07 Å². The predicted molar refractivity (Wildman–Crippen MR) is 60.3 cm³/mol. The van der Waals surface area contributed by atoms with E-state index in [0.29, 0.717) is 5.58 Å². The van der Waals surface area contributed by atoms with Crippen molar-refractivity contribution in [3.8, 4) is 0 Å². The molecule has 0 fully saturated rings. The van der Waals surface area contributed by atoms with E-state index in [4.69, 9.17) is 9.52 Å². The first-order chi connectivity index (χ1) is 7.00. The zero-order chi connectivity index (χ0) is 11.2. The molecule has 0 spiro atoms. The summed E-state index contributed by atoms with van der Waals surface area (Å²) >= 11 is 3.41. The Labute approximate surface area is 94.8 Å². The second kappa shape index (κ2) is 3.38. The topological polar surface area (TPSA) is 50.4 Å². The Kier molecular flexibility index (Phi) is 2.31. The SMILES string of the molecule is Cc1cc(Br)c(C)c2oc(C(=O)O)cc12. The molecule has 2 rings (SSSR count). The van der Waals surface area contributed by atoms with Gasteiger partial charge in [0, 0.05) is 15.4 Å². The van der Waals surface area contributed by atoms with Crippen LogP contribution >= 0.6 is 15.9 Å². The van der Waals surface area contributed by atoms with Gasteiger partial charge in [-0.15, -0.1) is 0 Å². The highest BCUT2D eigenvalue weighted by Gasteiger charge is 2.14. The molecule has 3 nitrogen and oxygen atoms in total. The molecule has 0 atom stereocenters. The van der Waals surface area contributed by atoms with Crippen LogP contribution in [0.4, 0.5) is 0 Å². The van der Waals surface area contributed by atoms with E-state index < -0.39 is 5.97 Å². The van der Waals surface area contributed by atoms with Crippen LogP contribution in [0, 0.1) is 13.8 Å². The number of halogens is 1. The molecule has 0 aliphatic heterocycles. The summed E-state index contributed by atoms with van der Waals surface area (Å²) in [7, 11) is 0. The zero-order valence-corrected chi connectivity index (χ0v) is 9.88. The minimum atomic E-state index is -1.04. The van der Waals surface area contributed by atoms with Gasteiger partial charge in [0.2, 0.25) is 5.76 Å². The van der Waals surface area contributed by atoms with Crippen LogP contribution in [0.1, 0.15) is 21.7 Å². The summed E-state index contributed by atoms with van der Waals surface area (Å²) in [6, 6.07) is 3.52. The Balaban J connectivity index is 2.85. The van der Waals surface area contributed by atoms with Gasteiger partial charge in [-0.25, -0.2) is 4.79 Å². The largest absolute Gasteiger partial charge is 0.475 e. The van der Waals surface area contributed by atoms with Crippen molar-refractivity contribution in [2.75, 3.05) is 0 Å². The van der Waals surface area contributed by atoms with E-state index >= 15 is 0 Å². The molecule has 0 unspecified atom stereocenters. The number of furan rings is 1. The van der Waals surface area contributed by atoms with Crippen molar-refractivity contribution in [3.05, 3.63) is 33.5 Å². The standard InChI is InChI=1S/C11H9BrO3/c1-5-3-8(12)6(2)10-7(5)4-9(15-10)11(13)14/h3-4H,1-2H3,(H,13,14). The van der Waals surface area contributed by atoms with Gasteiger partial charge in [0.1, 0.15) is 5.58 Å². The van der Waals surface area contributed by atoms with E-state index in [1.807, 2.05) is 19.9 Å². The van der Waals surface area contributed by atoms with Gasteiger partial charge >= 0.3 is 5.97 Å². The Morgan fingerprint density at radius 3 is 2.67 bits per heavy atom. The monoisotopic (exact) mass is 268 g/mol. The van der Waals surface area contributed by atoms with E-state index in [-0.39, 0.29) is 5.76 Å². The van der Waals surface area contributed by atoms with Gasteiger partial charge in [-0.3, -0.25) is 0 Å². The summed E-state index contributed by atoms with van der Waals surface area (Å²) in [5, 5.41) is 9.69. The number of carboxylic acid groups (broad SMARTS) is 1. The molecular formula is C11H9BrO3.